The molecule has 1 unspecified atom stereocenters. The Labute approximate surface area is 90.1 Å². The van der Waals surface area contributed by atoms with E-state index in [4.69, 9.17) is 0 Å². The van der Waals surface area contributed by atoms with Gasteiger partial charge in [-0.1, -0.05) is 13.8 Å². The van der Waals surface area contributed by atoms with Gasteiger partial charge in [-0.05, 0) is 59.3 Å². The van der Waals surface area contributed by atoms with Crippen molar-refractivity contribution in [2.45, 2.75) is 52.5 Å². The maximum absolute atomic E-state index is 3.21. The van der Waals surface area contributed by atoms with Gasteiger partial charge in [-0.15, -0.1) is 0 Å². The molecule has 0 amide bonds. The lowest BCUT2D eigenvalue weighted by Crippen LogP contribution is -2.34. The summed E-state index contributed by atoms with van der Waals surface area (Å²) in [5.41, 5.74) is 0. The van der Waals surface area contributed by atoms with E-state index in [0.29, 0.717) is 0 Å². The molecule has 2 nitrogen and oxygen atoms in total. The van der Waals surface area contributed by atoms with Crippen LogP contribution in [-0.2, 0) is 0 Å². The highest BCUT2D eigenvalue weighted by Crippen LogP contribution is 2.07. The smallest absolute Gasteiger partial charge is 0.00673 e. The lowest BCUT2D eigenvalue weighted by molar-refractivity contribution is 0.197. The highest BCUT2D eigenvalue weighted by atomic mass is 15.1. The maximum Gasteiger partial charge on any atom is 0.00673 e. The zero-order valence-electron chi connectivity index (χ0n) is 10.5. The first-order chi connectivity index (χ1) is 6.76. The van der Waals surface area contributed by atoms with Crippen LogP contribution < -0.4 is 5.32 Å². The molecule has 0 aliphatic heterocycles. The topological polar surface area (TPSA) is 15.3 Å². The summed E-state index contributed by atoms with van der Waals surface area (Å²) < 4.78 is 0. The van der Waals surface area contributed by atoms with Crippen LogP contribution in [0, 0.1) is 0 Å². The fourth-order valence-electron chi connectivity index (χ4n) is 1.88. The predicted molar refractivity (Wildman–Crippen MR) is 64.8 cm³/mol. The van der Waals surface area contributed by atoms with Gasteiger partial charge in [0, 0.05) is 6.04 Å². The summed E-state index contributed by atoms with van der Waals surface area (Å²) in [6, 6.07) is 0.753. The first-order valence-electron chi connectivity index (χ1n) is 6.14. The second kappa shape index (κ2) is 9.47. The van der Waals surface area contributed by atoms with Crippen LogP contribution in [0.2, 0.25) is 0 Å². The SMILES string of the molecule is CCCN(CCC)C(C)CCCNC. The van der Waals surface area contributed by atoms with E-state index in [2.05, 4.69) is 31.0 Å². The molecule has 0 radical (unpaired) electrons. The zero-order chi connectivity index (χ0) is 10.8. The molecule has 86 valence electrons. The molecule has 0 rings (SSSR count). The predicted octanol–water partition coefficient (Wildman–Crippen LogP) is 2.50. The van der Waals surface area contributed by atoms with E-state index in [0.717, 1.165) is 12.6 Å². The zero-order valence-corrected chi connectivity index (χ0v) is 10.5. The highest BCUT2D eigenvalue weighted by Gasteiger charge is 2.10. The van der Waals surface area contributed by atoms with Gasteiger partial charge in [0.15, 0.2) is 0 Å². The molecule has 2 heteroatoms. The molecule has 0 saturated heterocycles. The molecule has 0 bridgehead atoms. The van der Waals surface area contributed by atoms with Crippen molar-refractivity contribution in [3.63, 3.8) is 0 Å². The summed E-state index contributed by atoms with van der Waals surface area (Å²) in [6.45, 7) is 10.6. The van der Waals surface area contributed by atoms with Crippen molar-refractivity contribution in [1.82, 2.24) is 10.2 Å². The number of hydrogen-bond donors (Lipinski definition) is 1. The molecule has 0 spiro atoms. The van der Waals surface area contributed by atoms with Crippen molar-refractivity contribution < 1.29 is 0 Å². The average molecular weight is 200 g/mol. The van der Waals surface area contributed by atoms with E-state index in [-0.39, 0.29) is 0 Å². The van der Waals surface area contributed by atoms with Crippen molar-refractivity contribution in [2.75, 3.05) is 26.7 Å². The van der Waals surface area contributed by atoms with E-state index in [1.807, 2.05) is 7.05 Å². The molecular formula is C12H28N2. The van der Waals surface area contributed by atoms with E-state index in [1.54, 1.807) is 0 Å². The monoisotopic (exact) mass is 200 g/mol. The summed E-state index contributed by atoms with van der Waals surface area (Å²) in [5.74, 6) is 0. The van der Waals surface area contributed by atoms with Crippen LogP contribution in [0.15, 0.2) is 0 Å². The third-order valence-corrected chi connectivity index (χ3v) is 2.69. The molecule has 14 heavy (non-hydrogen) atoms. The van der Waals surface area contributed by atoms with Crippen LogP contribution >= 0.6 is 0 Å². The molecule has 0 aromatic carbocycles. The number of hydrogen-bond acceptors (Lipinski definition) is 2. The summed E-state index contributed by atoms with van der Waals surface area (Å²) in [7, 11) is 2.03. The van der Waals surface area contributed by atoms with Crippen molar-refractivity contribution in [1.29, 1.82) is 0 Å². The Bertz CT molecular complexity index is 109. The maximum atomic E-state index is 3.21. The summed E-state index contributed by atoms with van der Waals surface area (Å²) >= 11 is 0. The van der Waals surface area contributed by atoms with Gasteiger partial charge in [-0.25, -0.2) is 0 Å². The van der Waals surface area contributed by atoms with Gasteiger partial charge in [-0.2, -0.15) is 0 Å². The molecule has 0 fully saturated rings. The second-order valence-electron chi connectivity index (χ2n) is 4.13. The van der Waals surface area contributed by atoms with Gasteiger partial charge in [0.25, 0.3) is 0 Å². The summed E-state index contributed by atoms with van der Waals surface area (Å²) in [6.07, 6.45) is 5.16. The first-order valence-corrected chi connectivity index (χ1v) is 6.14. The molecule has 0 aliphatic carbocycles. The van der Waals surface area contributed by atoms with Crippen LogP contribution in [0.4, 0.5) is 0 Å². The Balaban J connectivity index is 3.69. The third-order valence-electron chi connectivity index (χ3n) is 2.69. The fourth-order valence-corrected chi connectivity index (χ4v) is 1.88. The van der Waals surface area contributed by atoms with Crippen molar-refractivity contribution in [3.05, 3.63) is 0 Å². The van der Waals surface area contributed by atoms with Crippen LogP contribution in [0.3, 0.4) is 0 Å². The molecule has 1 N–H and O–H groups in total. The highest BCUT2D eigenvalue weighted by molar-refractivity contribution is 4.66. The van der Waals surface area contributed by atoms with Crippen molar-refractivity contribution >= 4 is 0 Å². The largest absolute Gasteiger partial charge is 0.320 e. The van der Waals surface area contributed by atoms with Crippen LogP contribution in [0.1, 0.15) is 46.5 Å². The van der Waals surface area contributed by atoms with Crippen LogP contribution in [0.25, 0.3) is 0 Å². The quantitative estimate of drug-likeness (QED) is 0.575. The minimum atomic E-state index is 0.753. The van der Waals surface area contributed by atoms with Crippen LogP contribution in [-0.4, -0.2) is 37.6 Å². The summed E-state index contributed by atoms with van der Waals surface area (Å²) in [4.78, 5) is 2.62. The molecule has 0 aromatic rings. The Kier molecular flexibility index (Phi) is 9.42. The first kappa shape index (κ1) is 13.9. The van der Waals surface area contributed by atoms with Gasteiger partial charge in [0.2, 0.25) is 0 Å². The molecule has 1 atom stereocenters. The molecule has 0 aliphatic rings. The summed E-state index contributed by atoms with van der Waals surface area (Å²) in [5, 5.41) is 3.21. The minimum Gasteiger partial charge on any atom is -0.320 e. The Morgan fingerprint density at radius 2 is 1.71 bits per heavy atom. The minimum absolute atomic E-state index is 0.753. The molecule has 0 saturated carbocycles. The number of nitrogens with zero attached hydrogens (tertiary/aromatic N) is 1. The average Bonchev–Trinajstić information content (AvgIpc) is 2.18. The van der Waals surface area contributed by atoms with Crippen molar-refractivity contribution in [3.8, 4) is 0 Å². The van der Waals surface area contributed by atoms with Gasteiger partial charge in [0.05, 0.1) is 0 Å². The Morgan fingerprint density at radius 3 is 2.14 bits per heavy atom. The number of nitrogens with one attached hydrogen (secondary N) is 1. The van der Waals surface area contributed by atoms with Gasteiger partial charge in [-0.3, -0.25) is 0 Å². The fraction of sp³-hybridized carbons (Fsp3) is 1.00. The molecule has 0 aromatic heterocycles. The Hall–Kier alpha value is -0.0800. The number of rotatable bonds is 9. The van der Waals surface area contributed by atoms with Gasteiger partial charge >= 0.3 is 0 Å². The lowest BCUT2D eigenvalue weighted by Gasteiger charge is -2.28. The van der Waals surface area contributed by atoms with E-state index < -0.39 is 0 Å². The van der Waals surface area contributed by atoms with E-state index >= 15 is 0 Å². The Morgan fingerprint density at radius 1 is 1.14 bits per heavy atom. The van der Waals surface area contributed by atoms with Crippen molar-refractivity contribution in [2.24, 2.45) is 0 Å². The molecular weight excluding hydrogens is 172 g/mol. The van der Waals surface area contributed by atoms with E-state index in [1.165, 1.54) is 38.8 Å². The van der Waals surface area contributed by atoms with E-state index in [9.17, 15) is 0 Å². The standard InChI is InChI=1S/C12H28N2/c1-5-10-14(11-6-2)12(3)8-7-9-13-4/h12-13H,5-11H2,1-4H3. The van der Waals surface area contributed by atoms with Gasteiger partial charge in [0.1, 0.15) is 0 Å². The lowest BCUT2D eigenvalue weighted by atomic mass is 10.1. The second-order valence-corrected chi connectivity index (χ2v) is 4.13. The van der Waals surface area contributed by atoms with Gasteiger partial charge < -0.3 is 10.2 Å². The van der Waals surface area contributed by atoms with Crippen LogP contribution in [0.5, 0.6) is 0 Å². The molecule has 0 heterocycles. The third kappa shape index (κ3) is 6.39. The normalized spacial score (nSPS) is 13.5.